The largest absolute Gasteiger partial charge is 0.396 e. The molecule has 2 heterocycles. The molecule has 2 rings (SSSR count). The zero-order chi connectivity index (χ0) is 10.7. The maximum Gasteiger partial charge on any atom is 0.225 e. The van der Waals surface area contributed by atoms with Gasteiger partial charge in [-0.3, -0.25) is 0 Å². The van der Waals surface area contributed by atoms with E-state index >= 15 is 0 Å². The lowest BCUT2D eigenvalue weighted by molar-refractivity contribution is 0.238. The van der Waals surface area contributed by atoms with Crippen LogP contribution in [0.1, 0.15) is 12.0 Å². The Kier molecular flexibility index (Phi) is 3.13. The maximum absolute atomic E-state index is 9.01. The van der Waals surface area contributed by atoms with Crippen molar-refractivity contribution in [2.75, 3.05) is 24.6 Å². The first-order valence-electron chi connectivity index (χ1n) is 5.11. The summed E-state index contributed by atoms with van der Waals surface area (Å²) in [5, 5.41) is 17.9. The van der Waals surface area contributed by atoms with E-state index in [0.29, 0.717) is 11.9 Å². The van der Waals surface area contributed by atoms with Crippen LogP contribution in [0.2, 0.25) is 0 Å². The van der Waals surface area contributed by atoms with Crippen LogP contribution in [0.15, 0.2) is 12.4 Å². The van der Waals surface area contributed by atoms with Crippen LogP contribution < -0.4 is 4.90 Å². The van der Waals surface area contributed by atoms with Crippen molar-refractivity contribution in [3.05, 3.63) is 18.0 Å². The predicted molar refractivity (Wildman–Crippen MR) is 55.4 cm³/mol. The van der Waals surface area contributed by atoms with Crippen LogP contribution in [0.4, 0.5) is 5.95 Å². The van der Waals surface area contributed by atoms with E-state index in [1.807, 2.05) is 0 Å². The average Bonchev–Trinajstić information content (AvgIpc) is 2.78. The zero-order valence-electron chi connectivity index (χ0n) is 8.50. The van der Waals surface area contributed by atoms with Crippen molar-refractivity contribution in [2.45, 2.75) is 13.0 Å². The molecule has 1 aliphatic rings. The van der Waals surface area contributed by atoms with E-state index in [1.165, 1.54) is 0 Å². The van der Waals surface area contributed by atoms with Crippen LogP contribution in [0.5, 0.6) is 0 Å². The number of anilines is 1. The molecule has 1 aromatic heterocycles. The van der Waals surface area contributed by atoms with Gasteiger partial charge in [0.05, 0.1) is 6.61 Å². The molecule has 1 saturated heterocycles. The Balaban J connectivity index is 2.04. The summed E-state index contributed by atoms with van der Waals surface area (Å²) in [7, 11) is 0. The normalized spacial score (nSPS) is 20.9. The molecule has 0 amide bonds. The Labute approximate surface area is 88.4 Å². The van der Waals surface area contributed by atoms with Crippen LogP contribution in [0.25, 0.3) is 0 Å². The monoisotopic (exact) mass is 209 g/mol. The number of hydrogen-bond acceptors (Lipinski definition) is 5. The van der Waals surface area contributed by atoms with Gasteiger partial charge in [0.15, 0.2) is 0 Å². The molecule has 82 valence electrons. The van der Waals surface area contributed by atoms with Crippen molar-refractivity contribution in [3.63, 3.8) is 0 Å². The third-order valence-corrected chi connectivity index (χ3v) is 2.70. The molecule has 1 atom stereocenters. The van der Waals surface area contributed by atoms with E-state index in [4.69, 9.17) is 10.2 Å². The smallest absolute Gasteiger partial charge is 0.225 e. The number of aromatic nitrogens is 2. The summed E-state index contributed by atoms with van der Waals surface area (Å²) >= 11 is 0. The molecule has 15 heavy (non-hydrogen) atoms. The van der Waals surface area contributed by atoms with E-state index in [1.54, 1.807) is 12.4 Å². The lowest BCUT2D eigenvalue weighted by Crippen LogP contribution is -2.22. The van der Waals surface area contributed by atoms with Gasteiger partial charge in [-0.25, -0.2) is 9.97 Å². The van der Waals surface area contributed by atoms with Gasteiger partial charge in [0, 0.05) is 43.6 Å². The molecule has 1 unspecified atom stereocenters. The fraction of sp³-hybridized carbons (Fsp3) is 0.600. The van der Waals surface area contributed by atoms with E-state index in [9.17, 15) is 0 Å². The summed E-state index contributed by atoms with van der Waals surface area (Å²) in [6.07, 6.45) is 4.25. The van der Waals surface area contributed by atoms with E-state index in [0.717, 1.165) is 25.1 Å². The van der Waals surface area contributed by atoms with Crippen molar-refractivity contribution in [2.24, 2.45) is 5.92 Å². The van der Waals surface area contributed by atoms with Crippen LogP contribution >= 0.6 is 0 Å². The molecule has 0 spiro atoms. The summed E-state index contributed by atoms with van der Waals surface area (Å²) in [6.45, 7) is 1.91. The van der Waals surface area contributed by atoms with Gasteiger partial charge in [-0.15, -0.1) is 0 Å². The highest BCUT2D eigenvalue weighted by atomic mass is 16.3. The molecular weight excluding hydrogens is 194 g/mol. The molecule has 2 N–H and O–H groups in total. The second kappa shape index (κ2) is 4.55. The number of nitrogens with zero attached hydrogens (tertiary/aromatic N) is 3. The molecule has 0 bridgehead atoms. The van der Waals surface area contributed by atoms with Gasteiger partial charge in [-0.1, -0.05) is 0 Å². The van der Waals surface area contributed by atoms with Crippen LogP contribution in [-0.2, 0) is 6.61 Å². The maximum atomic E-state index is 9.01. The average molecular weight is 209 g/mol. The Morgan fingerprint density at radius 3 is 2.60 bits per heavy atom. The number of aliphatic hydroxyl groups excluding tert-OH is 2. The van der Waals surface area contributed by atoms with E-state index < -0.39 is 0 Å². The topological polar surface area (TPSA) is 69.5 Å². The van der Waals surface area contributed by atoms with Crippen LogP contribution in [-0.4, -0.2) is 39.9 Å². The van der Waals surface area contributed by atoms with Gasteiger partial charge in [-0.05, 0) is 6.42 Å². The van der Waals surface area contributed by atoms with Crippen molar-refractivity contribution in [3.8, 4) is 0 Å². The quantitative estimate of drug-likeness (QED) is 0.720. The molecule has 0 aliphatic carbocycles. The summed E-state index contributed by atoms with van der Waals surface area (Å²) in [5.74, 6) is 1.02. The minimum atomic E-state index is -0.0282. The number of hydrogen-bond donors (Lipinski definition) is 2. The lowest BCUT2D eigenvalue weighted by Gasteiger charge is -2.15. The summed E-state index contributed by atoms with van der Waals surface area (Å²) < 4.78 is 0. The standard InChI is InChI=1S/C10H15N3O2/c14-6-8-1-2-13(5-8)10-11-3-9(7-15)4-12-10/h3-4,8,14-15H,1-2,5-7H2. The third kappa shape index (κ3) is 2.24. The molecule has 1 aromatic rings. The Bertz CT molecular complexity index is 315. The predicted octanol–water partition coefficient (Wildman–Crippen LogP) is -0.213. The summed E-state index contributed by atoms with van der Waals surface area (Å²) in [6, 6.07) is 0. The van der Waals surface area contributed by atoms with Crippen LogP contribution in [0.3, 0.4) is 0 Å². The molecule has 5 heteroatoms. The zero-order valence-corrected chi connectivity index (χ0v) is 8.50. The molecule has 0 radical (unpaired) electrons. The molecule has 0 saturated carbocycles. The summed E-state index contributed by atoms with van der Waals surface area (Å²) in [4.78, 5) is 10.4. The van der Waals surface area contributed by atoms with Gasteiger partial charge in [0.25, 0.3) is 0 Å². The van der Waals surface area contributed by atoms with Gasteiger partial charge in [-0.2, -0.15) is 0 Å². The molecule has 1 fully saturated rings. The fourth-order valence-electron chi connectivity index (χ4n) is 1.76. The Hall–Kier alpha value is -1.20. The third-order valence-electron chi connectivity index (χ3n) is 2.70. The Morgan fingerprint density at radius 2 is 2.07 bits per heavy atom. The SMILES string of the molecule is OCc1cnc(N2CCC(CO)C2)nc1. The lowest BCUT2D eigenvalue weighted by atomic mass is 10.1. The molecule has 1 aliphatic heterocycles. The number of aliphatic hydroxyl groups is 2. The second-order valence-electron chi connectivity index (χ2n) is 3.83. The van der Waals surface area contributed by atoms with Crippen molar-refractivity contribution < 1.29 is 10.2 Å². The van der Waals surface area contributed by atoms with Crippen molar-refractivity contribution in [1.82, 2.24) is 9.97 Å². The van der Waals surface area contributed by atoms with E-state index in [-0.39, 0.29) is 13.2 Å². The number of rotatable bonds is 3. The first-order valence-corrected chi connectivity index (χ1v) is 5.11. The van der Waals surface area contributed by atoms with Crippen LogP contribution in [0, 0.1) is 5.92 Å². The first-order chi connectivity index (χ1) is 7.33. The minimum Gasteiger partial charge on any atom is -0.396 e. The highest BCUT2D eigenvalue weighted by Gasteiger charge is 2.23. The van der Waals surface area contributed by atoms with E-state index in [2.05, 4.69) is 14.9 Å². The van der Waals surface area contributed by atoms with Gasteiger partial charge in [0.1, 0.15) is 0 Å². The molecular formula is C10H15N3O2. The van der Waals surface area contributed by atoms with Gasteiger partial charge < -0.3 is 15.1 Å². The van der Waals surface area contributed by atoms with Gasteiger partial charge >= 0.3 is 0 Å². The Morgan fingerprint density at radius 1 is 1.33 bits per heavy atom. The summed E-state index contributed by atoms with van der Waals surface area (Å²) in [5.41, 5.74) is 0.719. The highest BCUT2D eigenvalue weighted by molar-refractivity contribution is 5.31. The van der Waals surface area contributed by atoms with Crippen molar-refractivity contribution >= 4 is 5.95 Å². The van der Waals surface area contributed by atoms with Gasteiger partial charge in [0.2, 0.25) is 5.95 Å². The highest BCUT2D eigenvalue weighted by Crippen LogP contribution is 2.19. The fourth-order valence-corrected chi connectivity index (χ4v) is 1.76. The molecule has 5 nitrogen and oxygen atoms in total. The first kappa shape index (κ1) is 10.3. The van der Waals surface area contributed by atoms with Crippen molar-refractivity contribution in [1.29, 1.82) is 0 Å². The minimum absolute atomic E-state index is 0.0282. The molecule has 0 aromatic carbocycles. The second-order valence-corrected chi connectivity index (χ2v) is 3.83.